The number of nitrogens with zero attached hydrogens (tertiary/aromatic N) is 4. The van der Waals surface area contributed by atoms with E-state index < -0.39 is 0 Å². The van der Waals surface area contributed by atoms with Crippen molar-refractivity contribution >= 4 is 22.6 Å². The average Bonchev–Trinajstić information content (AvgIpc) is 2.88. The van der Waals surface area contributed by atoms with Gasteiger partial charge in [0.25, 0.3) is 0 Å². The molecule has 23 heavy (non-hydrogen) atoms. The molecule has 1 aromatic carbocycles. The highest BCUT2D eigenvalue weighted by molar-refractivity contribution is 5.99. The van der Waals surface area contributed by atoms with Gasteiger partial charge in [-0.15, -0.1) is 0 Å². The molecule has 2 N–H and O–H groups in total. The lowest BCUT2D eigenvalue weighted by atomic mass is 10.1. The van der Waals surface area contributed by atoms with E-state index in [1.54, 1.807) is 19.1 Å². The third-order valence-electron chi connectivity index (χ3n) is 3.69. The molecule has 6 nitrogen and oxygen atoms in total. The van der Waals surface area contributed by atoms with Crippen LogP contribution in [-0.4, -0.2) is 25.5 Å². The molecule has 0 aliphatic heterocycles. The van der Waals surface area contributed by atoms with Crippen LogP contribution in [-0.2, 0) is 5.54 Å². The molecule has 0 atom stereocenters. The van der Waals surface area contributed by atoms with Crippen molar-refractivity contribution in [3.8, 4) is 11.3 Å². The number of carbonyl (C=O) groups is 1. The van der Waals surface area contributed by atoms with Crippen molar-refractivity contribution in [1.29, 1.82) is 0 Å². The van der Waals surface area contributed by atoms with Crippen molar-refractivity contribution in [2.45, 2.75) is 33.2 Å². The van der Waals surface area contributed by atoms with Crippen LogP contribution in [0, 0.1) is 0 Å². The van der Waals surface area contributed by atoms with Gasteiger partial charge in [-0.3, -0.25) is 4.79 Å². The second-order valence-corrected chi connectivity index (χ2v) is 6.52. The third kappa shape index (κ3) is 2.56. The molecule has 3 aromatic rings. The quantitative estimate of drug-likeness (QED) is 0.735. The lowest BCUT2D eigenvalue weighted by molar-refractivity contribution is 0.101. The fraction of sp³-hybridized carbons (Fsp3) is 0.294. The fourth-order valence-electron chi connectivity index (χ4n) is 2.51. The van der Waals surface area contributed by atoms with Crippen LogP contribution < -0.4 is 5.73 Å². The normalized spacial score (nSPS) is 11.8. The first-order chi connectivity index (χ1) is 10.8. The second-order valence-electron chi connectivity index (χ2n) is 6.52. The molecule has 0 amide bonds. The standard InChI is InChI=1S/C17H19N5O/c1-10(23)11-5-7-12(8-6-11)14-13-15(18)19-9-20-16(13)22(21-14)17(2,3)4/h5-9H,1-4H3,(H2,18,19,20). The van der Waals surface area contributed by atoms with Gasteiger partial charge in [0.15, 0.2) is 11.4 Å². The molecule has 3 rings (SSSR count). The lowest BCUT2D eigenvalue weighted by Gasteiger charge is -2.19. The first kappa shape index (κ1) is 15.1. The molecule has 0 saturated heterocycles. The lowest BCUT2D eigenvalue weighted by Crippen LogP contribution is -2.23. The summed E-state index contributed by atoms with van der Waals surface area (Å²) >= 11 is 0. The maximum Gasteiger partial charge on any atom is 0.164 e. The summed E-state index contributed by atoms with van der Waals surface area (Å²) in [5.74, 6) is 0.431. The first-order valence-corrected chi connectivity index (χ1v) is 7.40. The van der Waals surface area contributed by atoms with Crippen LogP contribution in [0.5, 0.6) is 0 Å². The Kier molecular flexibility index (Phi) is 3.39. The Balaban J connectivity index is 2.27. The number of rotatable bonds is 2. The molecule has 0 aliphatic rings. The Morgan fingerprint density at radius 3 is 2.35 bits per heavy atom. The Morgan fingerprint density at radius 2 is 1.78 bits per heavy atom. The minimum absolute atomic E-state index is 0.0319. The summed E-state index contributed by atoms with van der Waals surface area (Å²) in [5, 5.41) is 5.45. The second kappa shape index (κ2) is 5.15. The van der Waals surface area contributed by atoms with Gasteiger partial charge >= 0.3 is 0 Å². The Labute approximate surface area is 134 Å². The van der Waals surface area contributed by atoms with Crippen LogP contribution in [0.25, 0.3) is 22.3 Å². The van der Waals surface area contributed by atoms with Crippen molar-refractivity contribution in [2.75, 3.05) is 5.73 Å². The minimum atomic E-state index is -0.239. The van der Waals surface area contributed by atoms with E-state index in [0.717, 1.165) is 16.6 Å². The molecule has 0 unspecified atom stereocenters. The van der Waals surface area contributed by atoms with Gasteiger partial charge < -0.3 is 5.73 Å². The molecule has 0 bridgehead atoms. The van der Waals surface area contributed by atoms with Crippen LogP contribution in [0.3, 0.4) is 0 Å². The number of fused-ring (bicyclic) bond motifs is 1. The van der Waals surface area contributed by atoms with Gasteiger partial charge in [0.2, 0.25) is 0 Å². The van der Waals surface area contributed by atoms with Gasteiger partial charge in [0.1, 0.15) is 17.8 Å². The van der Waals surface area contributed by atoms with Gasteiger partial charge in [0, 0.05) is 11.1 Å². The summed E-state index contributed by atoms with van der Waals surface area (Å²) in [5.41, 5.74) is 8.80. The zero-order valence-corrected chi connectivity index (χ0v) is 13.7. The van der Waals surface area contributed by atoms with Crippen molar-refractivity contribution < 1.29 is 4.79 Å². The van der Waals surface area contributed by atoms with Gasteiger partial charge in [0.05, 0.1) is 10.9 Å². The van der Waals surface area contributed by atoms with Gasteiger partial charge in [-0.25, -0.2) is 14.6 Å². The predicted molar refractivity (Wildman–Crippen MR) is 90.2 cm³/mol. The molecular formula is C17H19N5O. The van der Waals surface area contributed by atoms with E-state index in [1.165, 1.54) is 6.33 Å². The van der Waals surface area contributed by atoms with Crippen LogP contribution in [0.15, 0.2) is 30.6 Å². The highest BCUT2D eigenvalue weighted by Crippen LogP contribution is 2.32. The topological polar surface area (TPSA) is 86.7 Å². The van der Waals surface area contributed by atoms with Crippen LogP contribution in [0.4, 0.5) is 5.82 Å². The highest BCUT2D eigenvalue weighted by atomic mass is 16.1. The first-order valence-electron chi connectivity index (χ1n) is 7.40. The van der Waals surface area contributed by atoms with E-state index >= 15 is 0 Å². The van der Waals surface area contributed by atoms with Crippen LogP contribution >= 0.6 is 0 Å². The number of nitrogens with two attached hydrogens (primary N) is 1. The number of carbonyl (C=O) groups excluding carboxylic acids is 1. The summed E-state index contributed by atoms with van der Waals surface area (Å²) in [6, 6.07) is 7.33. The molecule has 118 valence electrons. The van der Waals surface area contributed by atoms with Gasteiger partial charge in [-0.2, -0.15) is 5.10 Å². The highest BCUT2D eigenvalue weighted by Gasteiger charge is 2.23. The van der Waals surface area contributed by atoms with E-state index in [2.05, 4.69) is 30.7 Å². The smallest absolute Gasteiger partial charge is 0.164 e. The molecule has 0 radical (unpaired) electrons. The molecule has 0 spiro atoms. The Morgan fingerprint density at radius 1 is 1.13 bits per heavy atom. The summed E-state index contributed by atoms with van der Waals surface area (Å²) < 4.78 is 1.86. The maximum absolute atomic E-state index is 11.4. The van der Waals surface area contributed by atoms with E-state index in [9.17, 15) is 4.79 Å². The SMILES string of the molecule is CC(=O)c1ccc(-c2nn(C(C)(C)C)c3ncnc(N)c23)cc1. The Hall–Kier alpha value is -2.76. The molecule has 2 heterocycles. The predicted octanol–water partition coefficient (Wildman–Crippen LogP) is 3.03. The Bertz CT molecular complexity index is 888. The molecule has 6 heteroatoms. The average molecular weight is 309 g/mol. The number of ketones is 1. The maximum atomic E-state index is 11.4. The number of anilines is 1. The van der Waals surface area contributed by atoms with E-state index in [4.69, 9.17) is 10.8 Å². The van der Waals surface area contributed by atoms with E-state index in [1.807, 2.05) is 16.8 Å². The molecule has 0 saturated carbocycles. The molecule has 0 aliphatic carbocycles. The number of aromatic nitrogens is 4. The minimum Gasteiger partial charge on any atom is -0.383 e. The number of nitrogen functional groups attached to an aromatic ring is 1. The van der Waals surface area contributed by atoms with Crippen LogP contribution in [0.2, 0.25) is 0 Å². The van der Waals surface area contributed by atoms with Crippen molar-refractivity contribution in [2.24, 2.45) is 0 Å². The summed E-state index contributed by atoms with van der Waals surface area (Å²) in [6.07, 6.45) is 1.45. The van der Waals surface area contributed by atoms with Crippen molar-refractivity contribution in [3.05, 3.63) is 36.2 Å². The van der Waals surface area contributed by atoms with Crippen molar-refractivity contribution in [3.63, 3.8) is 0 Å². The van der Waals surface area contributed by atoms with Crippen molar-refractivity contribution in [1.82, 2.24) is 19.7 Å². The monoisotopic (exact) mass is 309 g/mol. The zero-order valence-electron chi connectivity index (χ0n) is 13.7. The number of hydrogen-bond donors (Lipinski definition) is 1. The number of Topliss-reactive ketones (excluding diaryl/α,β-unsaturated/α-hetero) is 1. The molecule has 0 fully saturated rings. The summed E-state index contributed by atoms with van der Waals surface area (Å²) in [6.45, 7) is 7.71. The van der Waals surface area contributed by atoms with E-state index in [0.29, 0.717) is 17.0 Å². The van der Waals surface area contributed by atoms with E-state index in [-0.39, 0.29) is 11.3 Å². The fourth-order valence-corrected chi connectivity index (χ4v) is 2.51. The van der Waals surface area contributed by atoms with Gasteiger partial charge in [-0.1, -0.05) is 24.3 Å². The largest absolute Gasteiger partial charge is 0.383 e. The molecular weight excluding hydrogens is 290 g/mol. The van der Waals surface area contributed by atoms with Gasteiger partial charge in [-0.05, 0) is 27.7 Å². The summed E-state index contributed by atoms with van der Waals surface area (Å²) in [7, 11) is 0. The number of hydrogen-bond acceptors (Lipinski definition) is 5. The summed E-state index contributed by atoms with van der Waals surface area (Å²) in [4.78, 5) is 19.9. The number of benzene rings is 1. The third-order valence-corrected chi connectivity index (χ3v) is 3.69. The van der Waals surface area contributed by atoms with Crippen LogP contribution in [0.1, 0.15) is 38.1 Å². The molecule has 2 aromatic heterocycles. The zero-order chi connectivity index (χ0) is 16.8.